The molecule has 0 fully saturated rings. The Balaban J connectivity index is 1.60. The number of nitro groups is 1. The number of pyridine rings is 1. The summed E-state index contributed by atoms with van der Waals surface area (Å²) in [7, 11) is 0. The van der Waals surface area contributed by atoms with Crippen LogP contribution in [0.3, 0.4) is 0 Å². The second-order valence-electron chi connectivity index (χ2n) is 7.45. The van der Waals surface area contributed by atoms with E-state index in [1.807, 2.05) is 0 Å². The zero-order valence-electron chi connectivity index (χ0n) is 18.1. The molecule has 0 radical (unpaired) electrons. The number of hydrogen-bond donors (Lipinski definition) is 3. The molecule has 0 aliphatic carbocycles. The minimum Gasteiger partial charge on any atom is -0.320 e. The fraction of sp³-hybridized carbons (Fsp3) is 0.0417. The molecule has 0 spiro atoms. The summed E-state index contributed by atoms with van der Waals surface area (Å²) in [5, 5.41) is 20.0. The van der Waals surface area contributed by atoms with Crippen molar-refractivity contribution in [3.05, 3.63) is 98.1 Å². The molecule has 0 atom stereocenters. The average molecular weight is 510 g/mol. The summed E-state index contributed by atoms with van der Waals surface area (Å²) in [5.74, 6) is -0.499. The van der Waals surface area contributed by atoms with Crippen LogP contribution in [0.4, 0.5) is 27.5 Å². The number of para-hydroxylation sites is 1. The Bertz CT molecular complexity index is 1460. The van der Waals surface area contributed by atoms with E-state index in [-0.39, 0.29) is 21.3 Å². The second-order valence-corrected chi connectivity index (χ2v) is 8.27. The first-order valence-electron chi connectivity index (χ1n) is 10.2. The molecule has 1 heterocycles. The van der Waals surface area contributed by atoms with Gasteiger partial charge in [0.2, 0.25) is 0 Å². The Morgan fingerprint density at radius 1 is 0.914 bits per heavy atom. The predicted molar refractivity (Wildman–Crippen MR) is 137 cm³/mol. The van der Waals surface area contributed by atoms with Gasteiger partial charge in [-0.1, -0.05) is 41.4 Å². The molecule has 0 saturated carbocycles. The maximum atomic E-state index is 12.9. The number of aryl methyl sites for hydroxylation is 1. The van der Waals surface area contributed by atoms with E-state index in [1.165, 1.54) is 24.3 Å². The van der Waals surface area contributed by atoms with E-state index in [0.717, 1.165) is 0 Å². The molecule has 0 saturated heterocycles. The van der Waals surface area contributed by atoms with Gasteiger partial charge in [-0.3, -0.25) is 19.9 Å². The van der Waals surface area contributed by atoms with Gasteiger partial charge in [0.15, 0.2) is 0 Å². The van der Waals surface area contributed by atoms with Crippen molar-refractivity contribution in [1.29, 1.82) is 0 Å². The molecule has 3 aromatic carbocycles. The molecule has 4 rings (SSSR count). The van der Waals surface area contributed by atoms with Gasteiger partial charge in [0, 0.05) is 29.4 Å². The van der Waals surface area contributed by atoms with Crippen LogP contribution in [0.5, 0.6) is 0 Å². The largest absolute Gasteiger partial charge is 0.323 e. The van der Waals surface area contributed by atoms with Gasteiger partial charge in [0.05, 0.1) is 37.4 Å². The van der Waals surface area contributed by atoms with E-state index in [2.05, 4.69) is 20.9 Å². The number of nitrogens with zero attached hydrogens (tertiary/aromatic N) is 2. The normalized spacial score (nSPS) is 10.6. The van der Waals surface area contributed by atoms with E-state index in [1.54, 1.807) is 49.5 Å². The highest BCUT2D eigenvalue weighted by Gasteiger charge is 2.18. The molecule has 9 nitrogen and oxygen atoms in total. The van der Waals surface area contributed by atoms with Gasteiger partial charge in [-0.2, -0.15) is 0 Å². The first-order chi connectivity index (χ1) is 16.7. The van der Waals surface area contributed by atoms with E-state index < -0.39 is 16.9 Å². The van der Waals surface area contributed by atoms with Crippen molar-refractivity contribution in [1.82, 2.24) is 4.98 Å². The van der Waals surface area contributed by atoms with Gasteiger partial charge in [0.1, 0.15) is 0 Å². The monoisotopic (exact) mass is 509 g/mol. The third-order valence-corrected chi connectivity index (χ3v) is 5.73. The quantitative estimate of drug-likeness (QED) is 0.205. The number of hydrogen-bond acceptors (Lipinski definition) is 5. The zero-order chi connectivity index (χ0) is 25.1. The number of halogens is 2. The molecule has 1 aromatic heterocycles. The van der Waals surface area contributed by atoms with Crippen LogP contribution in [0.1, 0.15) is 15.9 Å². The number of aromatic nitrogens is 1. The lowest BCUT2D eigenvalue weighted by atomic mass is 10.1. The molecule has 0 bridgehead atoms. The number of carbonyl (C=O) groups excluding carboxylic acids is 2. The highest BCUT2D eigenvalue weighted by atomic mass is 35.5. The lowest BCUT2D eigenvalue weighted by Gasteiger charge is -2.15. The Morgan fingerprint density at radius 2 is 1.57 bits per heavy atom. The molecular weight excluding hydrogens is 493 g/mol. The third kappa shape index (κ3) is 5.16. The maximum absolute atomic E-state index is 12.9. The summed E-state index contributed by atoms with van der Waals surface area (Å²) in [4.78, 5) is 40.2. The van der Waals surface area contributed by atoms with E-state index in [4.69, 9.17) is 23.2 Å². The Morgan fingerprint density at radius 3 is 2.23 bits per heavy atom. The number of fused-ring (bicyclic) bond motifs is 1. The van der Waals surface area contributed by atoms with Crippen molar-refractivity contribution in [3.8, 4) is 0 Å². The number of amides is 3. The van der Waals surface area contributed by atoms with Gasteiger partial charge in [0.25, 0.3) is 11.6 Å². The fourth-order valence-electron chi connectivity index (χ4n) is 3.43. The van der Waals surface area contributed by atoms with E-state index in [0.29, 0.717) is 33.5 Å². The highest BCUT2D eigenvalue weighted by molar-refractivity contribution is 6.40. The van der Waals surface area contributed by atoms with Crippen LogP contribution in [-0.2, 0) is 0 Å². The lowest BCUT2D eigenvalue weighted by molar-refractivity contribution is -0.384. The first kappa shape index (κ1) is 23.9. The van der Waals surface area contributed by atoms with Crippen molar-refractivity contribution in [3.63, 3.8) is 0 Å². The number of non-ortho nitro benzene ring substituents is 1. The van der Waals surface area contributed by atoms with Crippen LogP contribution in [-0.4, -0.2) is 21.8 Å². The van der Waals surface area contributed by atoms with Crippen LogP contribution in [0.25, 0.3) is 10.9 Å². The van der Waals surface area contributed by atoms with Crippen molar-refractivity contribution in [2.75, 3.05) is 16.0 Å². The summed E-state index contributed by atoms with van der Waals surface area (Å²) in [5.41, 5.74) is 2.46. The van der Waals surface area contributed by atoms with Gasteiger partial charge >= 0.3 is 6.03 Å². The van der Waals surface area contributed by atoms with Crippen LogP contribution in [0.15, 0.2) is 66.9 Å². The number of rotatable bonds is 5. The summed E-state index contributed by atoms with van der Waals surface area (Å²) in [6.07, 6.45) is 1.57. The number of urea groups is 1. The van der Waals surface area contributed by atoms with Crippen molar-refractivity contribution in [2.24, 2.45) is 0 Å². The maximum Gasteiger partial charge on any atom is 0.323 e. The predicted octanol–water partition coefficient (Wildman–Crippen LogP) is 6.65. The van der Waals surface area contributed by atoms with Crippen molar-refractivity contribution in [2.45, 2.75) is 6.92 Å². The average Bonchev–Trinajstić information content (AvgIpc) is 2.81. The van der Waals surface area contributed by atoms with Crippen molar-refractivity contribution >= 4 is 68.8 Å². The van der Waals surface area contributed by atoms with Gasteiger partial charge in [-0.25, -0.2) is 4.79 Å². The lowest BCUT2D eigenvalue weighted by Crippen LogP contribution is -2.20. The molecule has 0 aliphatic rings. The molecule has 4 aromatic rings. The number of nitrogens with one attached hydrogen (secondary N) is 3. The summed E-state index contributed by atoms with van der Waals surface area (Å²) < 4.78 is 0. The Kier molecular flexibility index (Phi) is 6.81. The molecule has 176 valence electrons. The van der Waals surface area contributed by atoms with Crippen molar-refractivity contribution < 1.29 is 14.5 Å². The van der Waals surface area contributed by atoms with E-state index >= 15 is 0 Å². The molecule has 3 N–H and O–H groups in total. The molecule has 0 unspecified atom stereocenters. The van der Waals surface area contributed by atoms with E-state index in [9.17, 15) is 19.7 Å². The molecule has 0 aliphatic heterocycles. The third-order valence-electron chi connectivity index (χ3n) is 5.10. The number of nitro benzene ring substituents is 1. The molecule has 3 amide bonds. The SMILES string of the molecule is Cc1cnc2c(NC(=O)c3c(Cl)cccc3Cl)cccc2c1NC(=O)Nc1ccc([N+](=O)[O-])cc1. The Labute approximate surface area is 209 Å². The van der Waals surface area contributed by atoms with Gasteiger partial charge in [-0.05, 0) is 42.8 Å². The minimum absolute atomic E-state index is 0.0837. The number of carbonyl (C=O) groups is 2. The summed E-state index contributed by atoms with van der Waals surface area (Å²) in [6.45, 7) is 1.78. The van der Waals surface area contributed by atoms with Crippen LogP contribution in [0, 0.1) is 17.0 Å². The topological polar surface area (TPSA) is 126 Å². The summed E-state index contributed by atoms with van der Waals surface area (Å²) in [6, 6.07) is 14.8. The first-order valence-corrected chi connectivity index (χ1v) is 11.0. The Hall–Kier alpha value is -4.21. The molecule has 11 heteroatoms. The fourth-order valence-corrected chi connectivity index (χ4v) is 4.00. The van der Waals surface area contributed by atoms with Crippen LogP contribution < -0.4 is 16.0 Å². The second kappa shape index (κ2) is 9.96. The smallest absolute Gasteiger partial charge is 0.320 e. The number of anilines is 3. The van der Waals surface area contributed by atoms with Gasteiger partial charge in [-0.15, -0.1) is 0 Å². The van der Waals surface area contributed by atoms with Gasteiger partial charge < -0.3 is 16.0 Å². The highest BCUT2D eigenvalue weighted by Crippen LogP contribution is 2.32. The minimum atomic E-state index is -0.549. The molecule has 35 heavy (non-hydrogen) atoms. The van der Waals surface area contributed by atoms with Crippen LogP contribution >= 0.6 is 23.2 Å². The van der Waals surface area contributed by atoms with Crippen LogP contribution in [0.2, 0.25) is 10.0 Å². The summed E-state index contributed by atoms with van der Waals surface area (Å²) >= 11 is 12.3. The number of benzene rings is 3. The molecular formula is C24H17Cl2N5O4. The zero-order valence-corrected chi connectivity index (χ0v) is 19.6. The standard InChI is InChI=1S/C24H17Cl2N5O4/c1-13-12-27-22-16(21(13)30-24(33)28-14-8-10-15(11-9-14)31(34)35)4-2-7-19(22)29-23(32)20-17(25)5-3-6-18(20)26/h2-12H,1H3,(H,29,32)(H2,27,28,30,33).